The summed E-state index contributed by atoms with van der Waals surface area (Å²) in [5, 5.41) is 34.9. The molecule has 3 amide bonds. The summed E-state index contributed by atoms with van der Waals surface area (Å²) in [5.74, 6) is -5.73. The van der Waals surface area contributed by atoms with E-state index in [1.807, 2.05) is 0 Å². The fourth-order valence-corrected chi connectivity index (χ4v) is 3.36. The standard InChI is InChI=1S/C24H27N3O10/c1-24(2,3)37-23(36)27-11-10-26-20(31)13-5-4-12(19(30)25-9-8-16(28)29)17-14(21(32)33)6-7-15(18(13)17)22(34)35/h4-7H,8-11H2,1-3H3,(H,25,30)(H,26,31)(H,27,36)(H,28,29)(H,32,33)(H,34,35). The van der Waals surface area contributed by atoms with Crippen molar-refractivity contribution < 1.29 is 48.8 Å². The van der Waals surface area contributed by atoms with Gasteiger partial charge in [0.05, 0.1) is 17.5 Å². The summed E-state index contributed by atoms with van der Waals surface area (Å²) in [6.07, 6.45) is -1.10. The number of carbonyl (C=O) groups excluding carboxylic acids is 3. The molecule has 0 aromatic heterocycles. The molecule has 0 unspecified atom stereocenters. The van der Waals surface area contributed by atoms with Crippen LogP contribution in [0.3, 0.4) is 0 Å². The van der Waals surface area contributed by atoms with Crippen LogP contribution in [-0.4, -0.2) is 76.4 Å². The second kappa shape index (κ2) is 11.8. The van der Waals surface area contributed by atoms with E-state index in [2.05, 4.69) is 16.0 Å². The number of ether oxygens (including phenoxy) is 1. The van der Waals surface area contributed by atoms with Crippen LogP contribution in [0.25, 0.3) is 10.8 Å². The first-order valence-electron chi connectivity index (χ1n) is 11.0. The van der Waals surface area contributed by atoms with Crippen LogP contribution in [0.4, 0.5) is 4.79 Å². The van der Waals surface area contributed by atoms with Crippen LogP contribution >= 0.6 is 0 Å². The second-order valence-electron chi connectivity index (χ2n) is 8.77. The number of aliphatic carboxylic acids is 1. The van der Waals surface area contributed by atoms with Gasteiger partial charge in [-0.2, -0.15) is 0 Å². The number of amides is 3. The zero-order valence-corrected chi connectivity index (χ0v) is 20.3. The molecule has 2 aromatic rings. The number of nitrogens with one attached hydrogen (secondary N) is 3. The Kier molecular flexibility index (Phi) is 9.14. The van der Waals surface area contributed by atoms with Crippen LogP contribution in [-0.2, 0) is 9.53 Å². The zero-order valence-electron chi connectivity index (χ0n) is 20.3. The number of hydrogen-bond donors (Lipinski definition) is 6. The minimum atomic E-state index is -1.47. The molecule has 0 aliphatic heterocycles. The molecule has 0 heterocycles. The molecule has 13 heteroatoms. The van der Waals surface area contributed by atoms with Gasteiger partial charge in [-0.3, -0.25) is 14.4 Å². The molecule has 0 aliphatic carbocycles. The van der Waals surface area contributed by atoms with Gasteiger partial charge in [-0.25, -0.2) is 14.4 Å². The first-order valence-corrected chi connectivity index (χ1v) is 11.0. The molecule has 0 saturated carbocycles. The number of rotatable bonds is 10. The average Bonchev–Trinajstić information content (AvgIpc) is 2.78. The number of fused-ring (bicyclic) bond motifs is 1. The second-order valence-corrected chi connectivity index (χ2v) is 8.77. The van der Waals surface area contributed by atoms with Crippen molar-refractivity contribution in [2.75, 3.05) is 19.6 Å². The fourth-order valence-electron chi connectivity index (χ4n) is 3.36. The third kappa shape index (κ3) is 7.65. The minimum Gasteiger partial charge on any atom is -0.481 e. The lowest BCUT2D eigenvalue weighted by atomic mass is 9.91. The average molecular weight is 517 g/mol. The maximum absolute atomic E-state index is 13.0. The Morgan fingerprint density at radius 3 is 1.49 bits per heavy atom. The number of aromatic carboxylic acids is 2. The maximum atomic E-state index is 13.0. The molecule has 13 nitrogen and oxygen atoms in total. The topological polar surface area (TPSA) is 208 Å². The van der Waals surface area contributed by atoms with Crippen molar-refractivity contribution in [3.63, 3.8) is 0 Å². The van der Waals surface area contributed by atoms with Gasteiger partial charge in [0.25, 0.3) is 11.8 Å². The summed E-state index contributed by atoms with van der Waals surface area (Å²) < 4.78 is 5.09. The Balaban J connectivity index is 2.45. The molecule has 37 heavy (non-hydrogen) atoms. The number of benzene rings is 2. The van der Waals surface area contributed by atoms with Crippen LogP contribution in [0.2, 0.25) is 0 Å². The smallest absolute Gasteiger partial charge is 0.407 e. The van der Waals surface area contributed by atoms with Crippen molar-refractivity contribution in [3.8, 4) is 0 Å². The highest BCUT2D eigenvalue weighted by Gasteiger charge is 2.25. The van der Waals surface area contributed by atoms with Crippen molar-refractivity contribution in [2.24, 2.45) is 0 Å². The summed E-state index contributed by atoms with van der Waals surface area (Å²) in [5.41, 5.74) is -2.02. The van der Waals surface area contributed by atoms with Gasteiger partial charge in [-0.15, -0.1) is 0 Å². The molecule has 0 aliphatic rings. The molecule has 6 N–H and O–H groups in total. The van der Waals surface area contributed by atoms with Crippen LogP contribution < -0.4 is 16.0 Å². The van der Waals surface area contributed by atoms with Gasteiger partial charge in [-0.1, -0.05) is 0 Å². The van der Waals surface area contributed by atoms with E-state index < -0.39 is 59.0 Å². The molecule has 0 radical (unpaired) electrons. The predicted octanol–water partition coefficient (Wildman–Crippen LogP) is 1.70. The van der Waals surface area contributed by atoms with E-state index in [1.165, 1.54) is 6.07 Å². The normalized spacial score (nSPS) is 10.9. The van der Waals surface area contributed by atoms with E-state index in [-0.39, 0.29) is 41.5 Å². The van der Waals surface area contributed by atoms with Gasteiger partial charge in [0.15, 0.2) is 0 Å². The Bertz CT molecular complexity index is 1260. The first-order chi connectivity index (χ1) is 17.2. The molecule has 2 rings (SSSR count). The minimum absolute atomic E-state index is 0.0190. The zero-order chi connectivity index (χ0) is 27.9. The quantitative estimate of drug-likeness (QED) is 0.251. The molecule has 2 aromatic carbocycles. The molecule has 0 bridgehead atoms. The lowest BCUT2D eigenvalue weighted by Crippen LogP contribution is -2.38. The molecule has 0 saturated heterocycles. The predicted molar refractivity (Wildman–Crippen MR) is 129 cm³/mol. The van der Waals surface area contributed by atoms with Gasteiger partial charge in [0.2, 0.25) is 0 Å². The number of alkyl carbamates (subject to hydrolysis) is 1. The van der Waals surface area contributed by atoms with Crippen LogP contribution in [0.15, 0.2) is 24.3 Å². The van der Waals surface area contributed by atoms with Crippen molar-refractivity contribution >= 4 is 46.6 Å². The summed E-state index contributed by atoms with van der Waals surface area (Å²) in [6.45, 7) is 4.69. The Hall–Kier alpha value is -4.68. The highest BCUT2D eigenvalue weighted by molar-refractivity contribution is 6.23. The molecule has 198 valence electrons. The largest absolute Gasteiger partial charge is 0.481 e. The van der Waals surface area contributed by atoms with Gasteiger partial charge in [-0.05, 0) is 45.0 Å². The third-order valence-electron chi connectivity index (χ3n) is 4.81. The summed E-state index contributed by atoms with van der Waals surface area (Å²) in [4.78, 5) is 72.1. The van der Waals surface area contributed by atoms with Crippen molar-refractivity contribution in [3.05, 3.63) is 46.5 Å². The highest BCUT2D eigenvalue weighted by Crippen LogP contribution is 2.30. The summed E-state index contributed by atoms with van der Waals surface area (Å²) in [7, 11) is 0. The van der Waals surface area contributed by atoms with E-state index in [0.717, 1.165) is 18.2 Å². The van der Waals surface area contributed by atoms with Crippen molar-refractivity contribution in [1.29, 1.82) is 0 Å². The first kappa shape index (κ1) is 28.6. The van der Waals surface area contributed by atoms with Crippen LogP contribution in [0, 0.1) is 0 Å². The molecule has 0 atom stereocenters. The third-order valence-corrected chi connectivity index (χ3v) is 4.81. The van der Waals surface area contributed by atoms with Crippen molar-refractivity contribution in [2.45, 2.75) is 32.8 Å². The monoisotopic (exact) mass is 517 g/mol. The van der Waals surface area contributed by atoms with Gasteiger partial charge in [0.1, 0.15) is 5.60 Å². The Morgan fingerprint density at radius 1 is 0.676 bits per heavy atom. The van der Waals surface area contributed by atoms with E-state index in [9.17, 15) is 39.0 Å². The molecular formula is C24H27N3O10. The number of carbonyl (C=O) groups is 6. The number of carboxylic acid groups (broad SMARTS) is 3. The number of carboxylic acids is 3. The highest BCUT2D eigenvalue weighted by atomic mass is 16.6. The molecular weight excluding hydrogens is 490 g/mol. The van der Waals surface area contributed by atoms with Crippen molar-refractivity contribution in [1.82, 2.24) is 16.0 Å². The Labute approximate surface area is 210 Å². The maximum Gasteiger partial charge on any atom is 0.407 e. The van der Waals surface area contributed by atoms with Crippen LogP contribution in [0.5, 0.6) is 0 Å². The fraction of sp³-hybridized carbons (Fsp3) is 0.333. The Morgan fingerprint density at radius 2 is 1.08 bits per heavy atom. The number of hydrogen-bond acceptors (Lipinski definition) is 7. The van der Waals surface area contributed by atoms with E-state index in [0.29, 0.717) is 0 Å². The van der Waals surface area contributed by atoms with Gasteiger partial charge < -0.3 is 36.0 Å². The lowest BCUT2D eigenvalue weighted by Gasteiger charge is -2.19. The van der Waals surface area contributed by atoms with Gasteiger partial charge in [0, 0.05) is 41.5 Å². The molecule has 0 spiro atoms. The summed E-state index contributed by atoms with van der Waals surface area (Å²) in [6, 6.07) is 4.35. The van der Waals surface area contributed by atoms with E-state index in [1.54, 1.807) is 20.8 Å². The summed E-state index contributed by atoms with van der Waals surface area (Å²) >= 11 is 0. The van der Waals surface area contributed by atoms with Crippen LogP contribution in [0.1, 0.15) is 68.6 Å². The van der Waals surface area contributed by atoms with E-state index >= 15 is 0 Å². The SMILES string of the molecule is CC(C)(C)OC(=O)NCCNC(=O)c1ccc(C(=O)NCCC(=O)O)c2c(C(=O)O)ccc(C(=O)O)c12. The van der Waals surface area contributed by atoms with Gasteiger partial charge >= 0.3 is 24.0 Å². The lowest BCUT2D eigenvalue weighted by molar-refractivity contribution is -0.136. The van der Waals surface area contributed by atoms with E-state index in [4.69, 9.17) is 9.84 Å². The molecule has 0 fully saturated rings.